The topological polar surface area (TPSA) is 69.5 Å². The number of hydrogen-bond acceptors (Lipinski definition) is 6. The fourth-order valence-electron chi connectivity index (χ4n) is 4.04. The van der Waals surface area contributed by atoms with Gasteiger partial charge in [0.05, 0.1) is 25.7 Å². The average Bonchev–Trinajstić information content (AvgIpc) is 3.60. The quantitative estimate of drug-likeness (QED) is 0.510. The molecule has 7 nitrogen and oxygen atoms in total. The molecule has 1 aromatic heterocycles. The van der Waals surface area contributed by atoms with Crippen LogP contribution in [0.1, 0.15) is 35.7 Å². The highest BCUT2D eigenvalue weighted by molar-refractivity contribution is 7.99. The second-order valence-corrected chi connectivity index (χ2v) is 9.05. The number of carbonyl (C=O) groups excluding carboxylic acids is 1. The Bertz CT molecular complexity index is 1130. The molecule has 2 heterocycles. The van der Waals surface area contributed by atoms with E-state index in [1.54, 1.807) is 14.2 Å². The van der Waals surface area contributed by atoms with Crippen LogP contribution >= 0.6 is 11.8 Å². The Balaban J connectivity index is 1.27. The van der Waals surface area contributed by atoms with Crippen LogP contribution in [0.15, 0.2) is 47.6 Å². The molecule has 2 aromatic carbocycles. The van der Waals surface area contributed by atoms with Crippen LogP contribution in [0.4, 0.5) is 0 Å². The van der Waals surface area contributed by atoms with E-state index in [4.69, 9.17) is 19.6 Å². The third-order valence-electron chi connectivity index (χ3n) is 5.95. The number of methoxy groups -OCH3 is 2. The van der Waals surface area contributed by atoms with Gasteiger partial charge in [0, 0.05) is 19.0 Å². The largest absolute Gasteiger partial charge is 0.493 e. The van der Waals surface area contributed by atoms with Crippen molar-refractivity contribution in [2.24, 2.45) is 0 Å². The van der Waals surface area contributed by atoms with Gasteiger partial charge in [-0.2, -0.15) is 0 Å². The number of rotatable bonds is 7. The molecule has 1 amide bonds. The van der Waals surface area contributed by atoms with E-state index < -0.39 is 0 Å². The van der Waals surface area contributed by atoms with E-state index in [1.165, 1.54) is 17.3 Å². The van der Waals surface area contributed by atoms with E-state index >= 15 is 0 Å². The predicted molar refractivity (Wildman–Crippen MR) is 123 cm³/mol. The normalized spacial score (nSPS) is 15.4. The number of carbonyl (C=O) groups is 1. The highest BCUT2D eigenvalue weighted by Crippen LogP contribution is 2.40. The number of hydrogen-bond donors (Lipinski definition) is 0. The first kappa shape index (κ1) is 20.9. The molecule has 166 valence electrons. The van der Waals surface area contributed by atoms with Crippen LogP contribution in [0.5, 0.6) is 11.5 Å². The first-order valence-electron chi connectivity index (χ1n) is 10.8. The Hall–Kier alpha value is -3.00. The summed E-state index contributed by atoms with van der Waals surface area (Å²) in [7, 11) is 3.27. The molecule has 5 rings (SSSR count). The van der Waals surface area contributed by atoms with Gasteiger partial charge in [0.2, 0.25) is 11.1 Å². The van der Waals surface area contributed by atoms with Gasteiger partial charge in [0.15, 0.2) is 11.5 Å². The molecule has 3 aromatic rings. The molecule has 0 atom stereocenters. The zero-order valence-electron chi connectivity index (χ0n) is 18.3. The number of thioether (sulfide) groups is 1. The molecule has 0 radical (unpaired) electrons. The van der Waals surface area contributed by atoms with Crippen LogP contribution in [-0.4, -0.2) is 52.1 Å². The third kappa shape index (κ3) is 4.19. The number of aromatic nitrogens is 3. The summed E-state index contributed by atoms with van der Waals surface area (Å²) in [6.45, 7) is 1.27. The summed E-state index contributed by atoms with van der Waals surface area (Å²) in [4.78, 5) is 19.6. The second-order valence-electron chi connectivity index (χ2n) is 8.10. The van der Waals surface area contributed by atoms with Crippen molar-refractivity contribution in [1.82, 2.24) is 19.7 Å². The van der Waals surface area contributed by atoms with Crippen molar-refractivity contribution >= 4 is 17.7 Å². The van der Waals surface area contributed by atoms with Gasteiger partial charge in [-0.3, -0.25) is 4.79 Å². The minimum atomic E-state index is 0.0967. The Labute approximate surface area is 191 Å². The monoisotopic (exact) mass is 450 g/mol. The lowest BCUT2D eigenvalue weighted by atomic mass is 9.99. The fraction of sp³-hybridized carbons (Fsp3) is 0.375. The summed E-state index contributed by atoms with van der Waals surface area (Å²) < 4.78 is 12.8. The highest BCUT2D eigenvalue weighted by Gasteiger charge is 2.31. The van der Waals surface area contributed by atoms with Gasteiger partial charge in [-0.25, -0.2) is 9.67 Å². The zero-order chi connectivity index (χ0) is 22.1. The Morgan fingerprint density at radius 2 is 1.81 bits per heavy atom. The molecule has 0 saturated heterocycles. The van der Waals surface area contributed by atoms with Crippen molar-refractivity contribution < 1.29 is 14.3 Å². The summed E-state index contributed by atoms with van der Waals surface area (Å²) in [5, 5.41) is 5.36. The van der Waals surface area contributed by atoms with Crippen LogP contribution in [0, 0.1) is 0 Å². The Morgan fingerprint density at radius 3 is 2.50 bits per heavy atom. The van der Waals surface area contributed by atoms with E-state index in [2.05, 4.69) is 0 Å². The van der Waals surface area contributed by atoms with Crippen molar-refractivity contribution in [3.05, 3.63) is 59.4 Å². The van der Waals surface area contributed by atoms with Crippen LogP contribution in [-0.2, 0) is 17.8 Å². The van der Waals surface area contributed by atoms with Crippen LogP contribution in [0.3, 0.4) is 0 Å². The fourth-order valence-corrected chi connectivity index (χ4v) is 4.78. The maximum Gasteiger partial charge on any atom is 0.233 e. The molecule has 8 heteroatoms. The van der Waals surface area contributed by atoms with E-state index in [0.29, 0.717) is 35.7 Å². The summed E-state index contributed by atoms with van der Waals surface area (Å²) in [6, 6.07) is 14.1. The average molecular weight is 451 g/mol. The van der Waals surface area contributed by atoms with Crippen molar-refractivity contribution in [3.63, 3.8) is 0 Å². The first-order valence-corrected chi connectivity index (χ1v) is 11.8. The summed E-state index contributed by atoms with van der Waals surface area (Å²) in [5.41, 5.74) is 3.32. The van der Waals surface area contributed by atoms with E-state index in [0.717, 1.165) is 42.1 Å². The van der Waals surface area contributed by atoms with Gasteiger partial charge in [0.25, 0.3) is 0 Å². The number of para-hydroxylation sites is 1. The Kier molecular flexibility index (Phi) is 5.78. The number of ether oxygens (including phenoxy) is 2. The van der Waals surface area contributed by atoms with E-state index in [-0.39, 0.29) is 5.91 Å². The lowest BCUT2D eigenvalue weighted by Crippen LogP contribution is -2.37. The van der Waals surface area contributed by atoms with Crippen LogP contribution in [0.25, 0.3) is 5.69 Å². The minimum absolute atomic E-state index is 0.0967. The highest BCUT2D eigenvalue weighted by atomic mass is 32.2. The number of benzene rings is 2. The van der Waals surface area contributed by atoms with Crippen molar-refractivity contribution in [1.29, 1.82) is 0 Å². The Morgan fingerprint density at radius 1 is 1.09 bits per heavy atom. The summed E-state index contributed by atoms with van der Waals surface area (Å²) in [6.07, 6.45) is 3.10. The maximum atomic E-state index is 13.0. The van der Waals surface area contributed by atoms with Gasteiger partial charge in [-0.05, 0) is 54.7 Å². The van der Waals surface area contributed by atoms with E-state index in [1.807, 2.05) is 52.0 Å². The van der Waals surface area contributed by atoms with Crippen molar-refractivity contribution in [2.75, 3.05) is 26.5 Å². The SMILES string of the molecule is COc1cc2c(cc1OC)CN(C(=O)CSc1nc(C3CC3)n(-c3ccccc3)n1)CC2. The van der Waals surface area contributed by atoms with Gasteiger partial charge < -0.3 is 14.4 Å². The van der Waals surface area contributed by atoms with Gasteiger partial charge >= 0.3 is 0 Å². The molecule has 32 heavy (non-hydrogen) atoms. The minimum Gasteiger partial charge on any atom is -0.493 e. The lowest BCUT2D eigenvalue weighted by Gasteiger charge is -2.29. The molecule has 0 bridgehead atoms. The first-order chi connectivity index (χ1) is 15.7. The summed E-state index contributed by atoms with van der Waals surface area (Å²) >= 11 is 1.41. The third-order valence-corrected chi connectivity index (χ3v) is 6.77. The summed E-state index contributed by atoms with van der Waals surface area (Å²) in [5.74, 6) is 3.31. The van der Waals surface area contributed by atoms with Crippen LogP contribution in [0.2, 0.25) is 0 Å². The molecule has 2 aliphatic rings. The van der Waals surface area contributed by atoms with Gasteiger partial charge in [-0.15, -0.1) is 5.10 Å². The number of amides is 1. The molecule has 1 aliphatic heterocycles. The lowest BCUT2D eigenvalue weighted by molar-refractivity contribution is -0.129. The second kappa shape index (κ2) is 8.86. The predicted octanol–water partition coefficient (Wildman–Crippen LogP) is 3.84. The molecule has 1 saturated carbocycles. The molecule has 0 unspecified atom stereocenters. The van der Waals surface area contributed by atoms with Crippen LogP contribution < -0.4 is 9.47 Å². The molecule has 0 N–H and O–H groups in total. The smallest absolute Gasteiger partial charge is 0.233 e. The molecular weight excluding hydrogens is 424 g/mol. The number of fused-ring (bicyclic) bond motifs is 1. The van der Waals surface area contributed by atoms with Crippen molar-refractivity contribution in [2.45, 2.75) is 36.9 Å². The standard InChI is InChI=1S/C24H26N4O3S/c1-30-20-12-17-10-11-27(14-18(17)13-21(20)31-2)22(29)15-32-24-25-23(16-8-9-16)28(26-24)19-6-4-3-5-7-19/h3-7,12-13,16H,8-11,14-15H2,1-2H3. The molecule has 1 fully saturated rings. The number of nitrogens with zero attached hydrogens (tertiary/aromatic N) is 4. The molecule has 1 aliphatic carbocycles. The maximum absolute atomic E-state index is 13.0. The van der Waals surface area contributed by atoms with E-state index in [9.17, 15) is 4.79 Å². The molecular formula is C24H26N4O3S. The van der Waals surface area contributed by atoms with Gasteiger partial charge in [0.1, 0.15) is 5.82 Å². The zero-order valence-corrected chi connectivity index (χ0v) is 19.1. The van der Waals surface area contributed by atoms with Crippen molar-refractivity contribution in [3.8, 4) is 17.2 Å². The molecule has 0 spiro atoms. The van der Waals surface area contributed by atoms with Gasteiger partial charge in [-0.1, -0.05) is 30.0 Å².